The number of carboxylic acids is 1. The van der Waals surface area contributed by atoms with Gasteiger partial charge in [0.15, 0.2) is 0 Å². The summed E-state index contributed by atoms with van der Waals surface area (Å²) >= 11 is 0. The molecule has 1 heterocycles. The first-order chi connectivity index (χ1) is 13.7. The van der Waals surface area contributed by atoms with Crippen LogP contribution in [0.2, 0.25) is 0 Å². The van der Waals surface area contributed by atoms with E-state index < -0.39 is 12.0 Å². The predicted molar refractivity (Wildman–Crippen MR) is 108 cm³/mol. The van der Waals surface area contributed by atoms with E-state index >= 15 is 0 Å². The quantitative estimate of drug-likeness (QED) is 0.596. The van der Waals surface area contributed by atoms with E-state index in [-0.39, 0.29) is 28.9 Å². The lowest BCUT2D eigenvalue weighted by molar-refractivity contribution is -0.139. The van der Waals surface area contributed by atoms with Crippen molar-refractivity contribution in [2.45, 2.75) is 52.4 Å². The van der Waals surface area contributed by atoms with Crippen LogP contribution in [0.4, 0.5) is 0 Å². The highest BCUT2D eigenvalue weighted by atomic mass is 16.4. The summed E-state index contributed by atoms with van der Waals surface area (Å²) < 4.78 is 0. The van der Waals surface area contributed by atoms with Gasteiger partial charge < -0.3 is 25.5 Å². The second-order valence-electron chi connectivity index (χ2n) is 7.79. The Labute approximate surface area is 169 Å². The van der Waals surface area contributed by atoms with Crippen LogP contribution in [-0.2, 0) is 24.4 Å². The van der Waals surface area contributed by atoms with E-state index in [4.69, 9.17) is 5.11 Å². The number of phenolic OH excluding ortho intramolecular Hbond substituents is 2. The van der Waals surface area contributed by atoms with E-state index in [0.29, 0.717) is 25.2 Å². The first-order valence-corrected chi connectivity index (χ1v) is 9.59. The van der Waals surface area contributed by atoms with Crippen molar-refractivity contribution in [3.63, 3.8) is 0 Å². The van der Waals surface area contributed by atoms with Crippen LogP contribution < -0.4 is 5.32 Å². The third-order valence-corrected chi connectivity index (χ3v) is 5.26. The molecule has 2 aromatic carbocycles. The molecule has 29 heavy (non-hydrogen) atoms. The zero-order valence-corrected chi connectivity index (χ0v) is 16.8. The number of rotatable bonds is 6. The zero-order chi connectivity index (χ0) is 21.3. The van der Waals surface area contributed by atoms with Gasteiger partial charge in [0.2, 0.25) is 0 Å². The normalized spacial score (nSPS) is 14.1. The zero-order valence-electron chi connectivity index (χ0n) is 16.8. The number of carboxylic acid groups (broad SMARTS) is 1. The fraction of sp³-hybridized carbons (Fsp3) is 0.364. The van der Waals surface area contributed by atoms with E-state index in [2.05, 4.69) is 5.32 Å². The number of hydrogen-bond donors (Lipinski definition) is 4. The molecule has 1 atom stereocenters. The summed E-state index contributed by atoms with van der Waals surface area (Å²) in [4.78, 5) is 25.6. The summed E-state index contributed by atoms with van der Waals surface area (Å²) in [6.07, 6.45) is 0. The molecule has 0 saturated carbocycles. The van der Waals surface area contributed by atoms with Gasteiger partial charge >= 0.3 is 5.97 Å². The SMILES string of the molecule is CC(C)c1cc(C(=O)N2Cc3ccc(CN[C@@H](C)C(=O)O)cc3C2)c(O)cc1O. The molecule has 0 fully saturated rings. The number of nitrogens with zero attached hydrogens (tertiary/aromatic N) is 1. The molecule has 1 aliphatic rings. The van der Waals surface area contributed by atoms with Crippen molar-refractivity contribution in [2.24, 2.45) is 0 Å². The fourth-order valence-corrected chi connectivity index (χ4v) is 3.46. The van der Waals surface area contributed by atoms with Gasteiger partial charge in [-0.15, -0.1) is 0 Å². The number of nitrogens with one attached hydrogen (secondary N) is 1. The molecule has 0 bridgehead atoms. The standard InChI is InChI=1S/C22H26N2O5/c1-12(2)17-7-18(20(26)8-19(17)25)21(27)24-10-15-5-4-14(6-16(15)11-24)9-23-13(3)22(28)29/h4-8,12-13,23,25-26H,9-11H2,1-3H3,(H,28,29)/t13-/m0/s1. The second kappa shape index (κ2) is 8.13. The lowest BCUT2D eigenvalue weighted by Gasteiger charge is -2.18. The van der Waals surface area contributed by atoms with Gasteiger partial charge in [0.25, 0.3) is 5.91 Å². The average Bonchev–Trinajstić information content (AvgIpc) is 3.08. The smallest absolute Gasteiger partial charge is 0.320 e. The molecule has 0 spiro atoms. The Morgan fingerprint density at radius 3 is 2.38 bits per heavy atom. The van der Waals surface area contributed by atoms with Gasteiger partial charge in [0.1, 0.15) is 17.5 Å². The van der Waals surface area contributed by atoms with E-state index in [9.17, 15) is 19.8 Å². The van der Waals surface area contributed by atoms with E-state index in [1.165, 1.54) is 6.07 Å². The van der Waals surface area contributed by atoms with Crippen molar-refractivity contribution in [2.75, 3.05) is 0 Å². The van der Waals surface area contributed by atoms with Gasteiger partial charge in [-0.25, -0.2) is 0 Å². The number of phenols is 2. The summed E-state index contributed by atoms with van der Waals surface area (Å²) in [6.45, 7) is 6.68. The van der Waals surface area contributed by atoms with Gasteiger partial charge in [0, 0.05) is 25.7 Å². The Balaban J connectivity index is 1.76. The van der Waals surface area contributed by atoms with E-state index in [1.807, 2.05) is 32.0 Å². The first kappa shape index (κ1) is 20.7. The average molecular weight is 398 g/mol. The molecule has 0 saturated heterocycles. The number of hydrogen-bond acceptors (Lipinski definition) is 5. The Morgan fingerprint density at radius 1 is 1.03 bits per heavy atom. The monoisotopic (exact) mass is 398 g/mol. The summed E-state index contributed by atoms with van der Waals surface area (Å²) in [7, 11) is 0. The van der Waals surface area contributed by atoms with Crippen LogP contribution >= 0.6 is 0 Å². The van der Waals surface area contributed by atoms with E-state index in [0.717, 1.165) is 16.7 Å². The molecule has 0 radical (unpaired) electrons. The lowest BCUT2D eigenvalue weighted by Crippen LogP contribution is -2.33. The minimum absolute atomic E-state index is 0.0150. The largest absolute Gasteiger partial charge is 0.508 e. The maximum atomic E-state index is 13.0. The molecule has 1 aliphatic heterocycles. The number of amides is 1. The van der Waals surface area contributed by atoms with Crippen molar-refractivity contribution >= 4 is 11.9 Å². The minimum Gasteiger partial charge on any atom is -0.508 e. The number of benzene rings is 2. The van der Waals surface area contributed by atoms with Crippen molar-refractivity contribution in [3.05, 3.63) is 58.1 Å². The van der Waals surface area contributed by atoms with Gasteiger partial charge in [-0.3, -0.25) is 9.59 Å². The molecule has 0 aliphatic carbocycles. The van der Waals surface area contributed by atoms with Crippen LogP contribution in [0.25, 0.3) is 0 Å². The van der Waals surface area contributed by atoms with E-state index in [1.54, 1.807) is 17.9 Å². The maximum Gasteiger partial charge on any atom is 0.320 e. The van der Waals surface area contributed by atoms with Gasteiger partial charge in [-0.2, -0.15) is 0 Å². The molecular weight excluding hydrogens is 372 g/mol. The van der Waals surface area contributed by atoms with Crippen LogP contribution in [0.1, 0.15) is 59.3 Å². The molecule has 154 valence electrons. The summed E-state index contributed by atoms with van der Waals surface area (Å²) in [5.41, 5.74) is 3.76. The van der Waals surface area contributed by atoms with Crippen molar-refractivity contribution in [1.29, 1.82) is 0 Å². The number of fused-ring (bicyclic) bond motifs is 1. The van der Waals surface area contributed by atoms with Crippen molar-refractivity contribution < 1.29 is 24.9 Å². The lowest BCUT2D eigenvalue weighted by atomic mass is 9.98. The predicted octanol–water partition coefficient (Wildman–Crippen LogP) is 2.94. The van der Waals surface area contributed by atoms with Gasteiger partial charge in [0.05, 0.1) is 5.56 Å². The summed E-state index contributed by atoms with van der Waals surface area (Å²) in [5, 5.41) is 32.1. The van der Waals surface area contributed by atoms with Crippen molar-refractivity contribution in [3.8, 4) is 11.5 Å². The fourth-order valence-electron chi connectivity index (χ4n) is 3.46. The highest BCUT2D eigenvalue weighted by Gasteiger charge is 2.27. The Bertz CT molecular complexity index is 954. The minimum atomic E-state index is -0.905. The molecule has 0 aromatic heterocycles. The topological polar surface area (TPSA) is 110 Å². The molecule has 4 N–H and O–H groups in total. The highest BCUT2D eigenvalue weighted by molar-refractivity contribution is 5.97. The maximum absolute atomic E-state index is 13.0. The van der Waals surface area contributed by atoms with Crippen LogP contribution in [0.15, 0.2) is 30.3 Å². The molecule has 2 aromatic rings. The molecule has 7 heteroatoms. The number of carbonyl (C=O) groups is 2. The van der Waals surface area contributed by atoms with Crippen LogP contribution in [-0.4, -0.2) is 38.1 Å². The molecule has 3 rings (SSSR count). The first-order valence-electron chi connectivity index (χ1n) is 9.59. The van der Waals surface area contributed by atoms with Gasteiger partial charge in [-0.05, 0) is 41.2 Å². The Morgan fingerprint density at radius 2 is 1.72 bits per heavy atom. The summed E-state index contributed by atoms with van der Waals surface area (Å²) in [6, 6.07) is 7.97. The number of carbonyl (C=O) groups excluding carboxylic acids is 1. The van der Waals surface area contributed by atoms with Crippen LogP contribution in [0.3, 0.4) is 0 Å². The van der Waals surface area contributed by atoms with Crippen LogP contribution in [0.5, 0.6) is 11.5 Å². The molecule has 7 nitrogen and oxygen atoms in total. The van der Waals surface area contributed by atoms with Crippen molar-refractivity contribution in [1.82, 2.24) is 10.2 Å². The molecular formula is C22H26N2O5. The Hall–Kier alpha value is -3.06. The number of aromatic hydroxyl groups is 2. The number of aliphatic carboxylic acids is 1. The third kappa shape index (κ3) is 4.35. The second-order valence-corrected chi connectivity index (χ2v) is 7.79. The highest BCUT2D eigenvalue weighted by Crippen LogP contribution is 2.34. The third-order valence-electron chi connectivity index (χ3n) is 5.26. The van der Waals surface area contributed by atoms with Gasteiger partial charge in [-0.1, -0.05) is 32.0 Å². The summed E-state index contributed by atoms with van der Waals surface area (Å²) in [5.74, 6) is -1.44. The molecule has 0 unspecified atom stereocenters. The Kier molecular flexibility index (Phi) is 5.79. The molecule has 1 amide bonds. The van der Waals surface area contributed by atoms with Crippen LogP contribution in [0, 0.1) is 0 Å².